The smallest absolute Gasteiger partial charge is 0.409 e. The van der Waals surface area contributed by atoms with Crippen LogP contribution in [0.1, 0.15) is 32.6 Å². The van der Waals surface area contributed by atoms with Gasteiger partial charge in [-0.3, -0.25) is 0 Å². The molecule has 1 fully saturated rings. The van der Waals surface area contributed by atoms with Crippen molar-refractivity contribution in [3.63, 3.8) is 0 Å². The van der Waals surface area contributed by atoms with Crippen molar-refractivity contribution < 1.29 is 23.4 Å². The van der Waals surface area contributed by atoms with E-state index in [0.29, 0.717) is 35.1 Å². The van der Waals surface area contributed by atoms with Gasteiger partial charge in [-0.1, -0.05) is 11.6 Å². The number of nitrogens with zero attached hydrogens (tertiary/aromatic N) is 3. The van der Waals surface area contributed by atoms with Crippen molar-refractivity contribution in [2.45, 2.75) is 44.8 Å². The zero-order valence-corrected chi connectivity index (χ0v) is 20.6. The number of hydrogen-bond acceptors (Lipinski definition) is 7. The molecule has 0 atom stereocenters. The molecule has 1 aliphatic rings. The highest BCUT2D eigenvalue weighted by Crippen LogP contribution is 2.37. The highest BCUT2D eigenvalue weighted by atomic mass is 35.5. The van der Waals surface area contributed by atoms with Gasteiger partial charge in [-0.25, -0.2) is 19.2 Å². The predicted octanol–water partition coefficient (Wildman–Crippen LogP) is 5.95. The Balaban J connectivity index is 1.52. The predicted molar refractivity (Wildman–Crippen MR) is 132 cm³/mol. The van der Waals surface area contributed by atoms with Gasteiger partial charge in [0.25, 0.3) is 0 Å². The van der Waals surface area contributed by atoms with E-state index in [4.69, 9.17) is 25.8 Å². The summed E-state index contributed by atoms with van der Waals surface area (Å²) in [6.45, 7) is 2.16. The van der Waals surface area contributed by atoms with E-state index in [-0.39, 0.29) is 23.3 Å². The Bertz CT molecular complexity index is 1200. The Labute approximate surface area is 208 Å². The van der Waals surface area contributed by atoms with E-state index >= 15 is 0 Å². The van der Waals surface area contributed by atoms with E-state index in [1.54, 1.807) is 38.1 Å². The monoisotopic (exact) mass is 502 g/mol. The minimum Gasteiger partial charge on any atom is -0.493 e. The summed E-state index contributed by atoms with van der Waals surface area (Å²) >= 11 is 5.92. The number of benzene rings is 2. The molecule has 1 N–H and O–H groups in total. The molecule has 2 aromatic carbocycles. The van der Waals surface area contributed by atoms with Crippen LogP contribution in [0.4, 0.5) is 20.7 Å². The number of methoxy groups -OCH3 is 1. The minimum atomic E-state index is -0.492. The largest absolute Gasteiger partial charge is 0.493 e. The maximum atomic E-state index is 13.6. The average molecular weight is 503 g/mol. The Morgan fingerprint density at radius 3 is 2.63 bits per heavy atom. The Morgan fingerprint density at radius 2 is 1.94 bits per heavy atom. The van der Waals surface area contributed by atoms with Gasteiger partial charge in [-0.05, 0) is 56.9 Å². The first-order valence-corrected chi connectivity index (χ1v) is 11.9. The van der Waals surface area contributed by atoms with Crippen LogP contribution in [0.3, 0.4) is 0 Å². The van der Waals surface area contributed by atoms with Crippen LogP contribution in [0.25, 0.3) is 10.9 Å². The summed E-state index contributed by atoms with van der Waals surface area (Å²) in [5.74, 6) is 1.19. The second kappa shape index (κ2) is 10.9. The average Bonchev–Trinajstić information content (AvgIpc) is 2.86. The fraction of sp³-hybridized carbons (Fsp3) is 0.400. The van der Waals surface area contributed by atoms with Crippen molar-refractivity contribution in [1.82, 2.24) is 14.9 Å². The van der Waals surface area contributed by atoms with Gasteiger partial charge in [-0.2, -0.15) is 0 Å². The topological polar surface area (TPSA) is 85.8 Å². The SMILES string of the molecule is CCOC(=O)N(C)[C@H]1CC[C@H](Oc2cc3c(Nc4ccc(F)c(Cl)c4)ncnc3cc2OC)CC1. The molecular formula is C25H28ClFN4O4. The first kappa shape index (κ1) is 24.8. The van der Waals surface area contributed by atoms with Gasteiger partial charge in [0.05, 0.1) is 30.4 Å². The highest BCUT2D eigenvalue weighted by Gasteiger charge is 2.28. The molecular weight excluding hydrogens is 475 g/mol. The van der Waals surface area contributed by atoms with Gasteiger partial charge in [0, 0.05) is 30.2 Å². The van der Waals surface area contributed by atoms with Crippen LogP contribution in [0.2, 0.25) is 5.02 Å². The third-order valence-corrected chi connectivity index (χ3v) is 6.43. The molecule has 1 saturated carbocycles. The van der Waals surface area contributed by atoms with Gasteiger partial charge in [0.2, 0.25) is 0 Å². The summed E-state index contributed by atoms with van der Waals surface area (Å²) in [5.41, 5.74) is 1.26. The molecule has 1 heterocycles. The summed E-state index contributed by atoms with van der Waals surface area (Å²) in [6.07, 6.45) is 4.34. The number of amides is 1. The Kier molecular flexibility index (Phi) is 7.75. The van der Waals surface area contributed by atoms with E-state index in [0.717, 1.165) is 31.1 Å². The lowest BCUT2D eigenvalue weighted by molar-refractivity contribution is 0.0718. The van der Waals surface area contributed by atoms with E-state index in [2.05, 4.69) is 15.3 Å². The standard InChI is InChI=1S/C25H28ClFN4O4/c1-4-34-25(32)31(2)16-6-8-17(9-7-16)35-23-12-18-21(13-22(23)33-3)28-14-29-24(18)30-15-5-10-20(27)19(26)11-15/h5,10-14,16-17H,4,6-9H2,1-3H3,(H,28,29,30)/t16-,17-. The summed E-state index contributed by atoms with van der Waals surface area (Å²) in [7, 11) is 3.36. The molecule has 35 heavy (non-hydrogen) atoms. The molecule has 0 unspecified atom stereocenters. The minimum absolute atomic E-state index is 0.0169. The van der Waals surface area contributed by atoms with Crippen LogP contribution >= 0.6 is 11.6 Å². The molecule has 0 saturated heterocycles. The van der Waals surface area contributed by atoms with E-state index in [9.17, 15) is 9.18 Å². The normalized spacial score (nSPS) is 17.6. The van der Waals surface area contributed by atoms with Gasteiger partial charge in [0.1, 0.15) is 18.0 Å². The maximum absolute atomic E-state index is 13.6. The molecule has 1 amide bonds. The second-order valence-electron chi connectivity index (χ2n) is 8.35. The van der Waals surface area contributed by atoms with Crippen LogP contribution < -0.4 is 14.8 Å². The van der Waals surface area contributed by atoms with Crippen molar-refractivity contribution in [2.75, 3.05) is 26.1 Å². The molecule has 0 radical (unpaired) electrons. The van der Waals surface area contributed by atoms with Gasteiger partial charge < -0.3 is 24.4 Å². The number of rotatable bonds is 7. The number of nitrogens with one attached hydrogen (secondary N) is 1. The number of ether oxygens (including phenoxy) is 3. The molecule has 1 aliphatic carbocycles. The lowest BCUT2D eigenvalue weighted by Crippen LogP contribution is -2.41. The van der Waals surface area contributed by atoms with E-state index in [1.807, 2.05) is 6.07 Å². The number of carbonyl (C=O) groups excluding carboxylic acids is 1. The zero-order valence-electron chi connectivity index (χ0n) is 19.9. The Morgan fingerprint density at radius 1 is 1.17 bits per heavy atom. The van der Waals surface area contributed by atoms with Crippen LogP contribution in [-0.2, 0) is 4.74 Å². The summed E-state index contributed by atoms with van der Waals surface area (Å²) in [5, 5.41) is 3.91. The van der Waals surface area contributed by atoms with Crippen molar-refractivity contribution in [3.8, 4) is 11.5 Å². The zero-order chi connectivity index (χ0) is 24.9. The van der Waals surface area contributed by atoms with Crippen LogP contribution in [0, 0.1) is 5.82 Å². The molecule has 3 aromatic rings. The lowest BCUT2D eigenvalue weighted by atomic mass is 9.92. The molecule has 0 aliphatic heterocycles. The van der Waals surface area contributed by atoms with Gasteiger partial charge in [-0.15, -0.1) is 0 Å². The van der Waals surface area contributed by atoms with E-state index in [1.165, 1.54) is 18.5 Å². The molecule has 0 bridgehead atoms. The number of halogens is 2. The lowest BCUT2D eigenvalue weighted by Gasteiger charge is -2.34. The fourth-order valence-electron chi connectivity index (χ4n) is 4.23. The first-order valence-electron chi connectivity index (χ1n) is 11.5. The van der Waals surface area contributed by atoms with Gasteiger partial charge in [0.15, 0.2) is 11.5 Å². The fourth-order valence-corrected chi connectivity index (χ4v) is 4.41. The second-order valence-corrected chi connectivity index (χ2v) is 8.76. The third kappa shape index (κ3) is 5.67. The highest BCUT2D eigenvalue weighted by molar-refractivity contribution is 6.31. The number of anilines is 2. The molecule has 1 aromatic heterocycles. The van der Waals surface area contributed by atoms with Gasteiger partial charge >= 0.3 is 6.09 Å². The van der Waals surface area contributed by atoms with Crippen LogP contribution in [0.5, 0.6) is 11.5 Å². The van der Waals surface area contributed by atoms with Crippen molar-refractivity contribution >= 4 is 40.1 Å². The molecule has 10 heteroatoms. The maximum Gasteiger partial charge on any atom is 0.409 e. The number of hydrogen-bond donors (Lipinski definition) is 1. The first-order chi connectivity index (χ1) is 16.9. The quantitative estimate of drug-likeness (QED) is 0.427. The molecule has 8 nitrogen and oxygen atoms in total. The summed E-state index contributed by atoms with van der Waals surface area (Å²) in [4.78, 5) is 22.4. The number of aromatic nitrogens is 2. The van der Waals surface area contributed by atoms with E-state index < -0.39 is 5.82 Å². The summed E-state index contributed by atoms with van der Waals surface area (Å²) < 4.78 is 30.6. The summed E-state index contributed by atoms with van der Waals surface area (Å²) in [6, 6.07) is 8.15. The van der Waals surface area contributed by atoms with Crippen molar-refractivity contribution in [3.05, 3.63) is 47.5 Å². The number of fused-ring (bicyclic) bond motifs is 1. The molecule has 186 valence electrons. The van der Waals surface area contributed by atoms with Crippen molar-refractivity contribution in [2.24, 2.45) is 0 Å². The molecule has 4 rings (SSSR count). The van der Waals surface area contributed by atoms with Crippen LogP contribution in [-0.4, -0.2) is 53.9 Å². The number of carbonyl (C=O) groups is 1. The van der Waals surface area contributed by atoms with Crippen LogP contribution in [0.15, 0.2) is 36.7 Å². The van der Waals surface area contributed by atoms with Crippen molar-refractivity contribution in [1.29, 1.82) is 0 Å². The third-order valence-electron chi connectivity index (χ3n) is 6.14. The molecule has 0 spiro atoms. The Hall–Kier alpha value is -3.33.